The van der Waals surface area contributed by atoms with Crippen molar-refractivity contribution in [2.45, 2.75) is 78.9 Å². The molecule has 6 rings (SSSR count). The molecule has 1 aliphatic heterocycles. The summed E-state index contributed by atoms with van der Waals surface area (Å²) in [5.41, 5.74) is 1.55. The van der Waals surface area contributed by atoms with E-state index in [4.69, 9.17) is 4.74 Å². The van der Waals surface area contributed by atoms with Crippen LogP contribution < -0.4 is 15.5 Å². The van der Waals surface area contributed by atoms with Gasteiger partial charge in [0.2, 0.25) is 11.9 Å². The van der Waals surface area contributed by atoms with E-state index in [2.05, 4.69) is 25.7 Å². The minimum absolute atomic E-state index is 0. The zero-order valence-corrected chi connectivity index (χ0v) is 18.3. The van der Waals surface area contributed by atoms with Crippen LogP contribution in [0, 0.1) is 12.3 Å². The molecule has 3 aliphatic carbocycles. The minimum atomic E-state index is -0.883. The van der Waals surface area contributed by atoms with E-state index in [-0.39, 0.29) is 32.3 Å². The Bertz CT molecular complexity index is 1020. The zero-order chi connectivity index (χ0) is 22.0. The maximum atomic E-state index is 13.7. The molecule has 182 valence electrons. The highest BCUT2D eigenvalue weighted by atomic mass is 19.1. The van der Waals surface area contributed by atoms with Gasteiger partial charge in [-0.25, -0.2) is 9.37 Å². The van der Waals surface area contributed by atoms with Crippen LogP contribution in [0.2, 0.25) is 0 Å². The predicted molar refractivity (Wildman–Crippen MR) is 127 cm³/mol. The standard InChI is InChI=1S/C21H28FN7O2.2CH4/c1-12-15-17(28(3)16(13(2)31-4)18(30)26-15)27-19(25-12)23-5-14-6-24-29(7-14)11-20-8-21(22,9-20)10-20;;/h6-7,13,16H,5,8-11H2,1-4H3,(H,26,30)(H,23,25,27);2*1H4/t13-,16+,20?,21?;;/m1../s1. The van der Waals surface area contributed by atoms with Gasteiger partial charge in [-0.3, -0.25) is 9.48 Å². The van der Waals surface area contributed by atoms with Crippen molar-refractivity contribution >= 4 is 23.4 Å². The summed E-state index contributed by atoms with van der Waals surface area (Å²) in [6, 6.07) is -0.474. The third-order valence-corrected chi connectivity index (χ3v) is 6.87. The molecule has 2 atom stereocenters. The molecule has 0 spiro atoms. The molecule has 3 fully saturated rings. The van der Waals surface area contributed by atoms with Gasteiger partial charge < -0.3 is 20.3 Å². The summed E-state index contributed by atoms with van der Waals surface area (Å²) < 4.78 is 21.0. The van der Waals surface area contributed by atoms with E-state index in [9.17, 15) is 9.18 Å². The van der Waals surface area contributed by atoms with Crippen molar-refractivity contribution in [3.63, 3.8) is 0 Å². The number of fused-ring (bicyclic) bond motifs is 1. The summed E-state index contributed by atoms with van der Waals surface area (Å²) in [5, 5.41) is 10.6. The number of carbonyl (C=O) groups excluding carboxylic acids is 1. The molecule has 0 aromatic carbocycles. The van der Waals surface area contributed by atoms with Gasteiger partial charge in [0.1, 0.15) is 17.4 Å². The average molecular weight is 462 g/mol. The van der Waals surface area contributed by atoms with Gasteiger partial charge in [0, 0.05) is 39.0 Å². The first-order chi connectivity index (χ1) is 14.7. The van der Waals surface area contributed by atoms with Crippen LogP contribution in [0.4, 0.5) is 21.8 Å². The second-order valence-electron chi connectivity index (χ2n) is 9.40. The number of carbonyl (C=O) groups is 1. The molecule has 10 heteroatoms. The lowest BCUT2D eigenvalue weighted by Gasteiger charge is -2.65. The third kappa shape index (κ3) is 4.16. The summed E-state index contributed by atoms with van der Waals surface area (Å²) in [6.45, 7) is 5.00. The van der Waals surface area contributed by atoms with E-state index in [1.54, 1.807) is 7.11 Å². The van der Waals surface area contributed by atoms with Crippen LogP contribution in [0.15, 0.2) is 12.4 Å². The number of nitrogens with one attached hydrogen (secondary N) is 2. The maximum Gasteiger partial charge on any atom is 0.249 e. The van der Waals surface area contributed by atoms with Crippen molar-refractivity contribution in [2.75, 3.05) is 29.7 Å². The molecule has 2 bridgehead atoms. The number of halogens is 1. The van der Waals surface area contributed by atoms with E-state index in [1.807, 2.05) is 42.9 Å². The number of amides is 1. The number of rotatable bonds is 7. The monoisotopic (exact) mass is 461 g/mol. The lowest BCUT2D eigenvalue weighted by atomic mass is 9.42. The summed E-state index contributed by atoms with van der Waals surface area (Å²) in [7, 11) is 3.42. The van der Waals surface area contributed by atoms with Gasteiger partial charge in [0.15, 0.2) is 5.82 Å². The van der Waals surface area contributed by atoms with E-state index in [1.165, 1.54) is 0 Å². The quantitative estimate of drug-likeness (QED) is 0.651. The second-order valence-corrected chi connectivity index (χ2v) is 9.40. The molecule has 2 aromatic heterocycles. The van der Waals surface area contributed by atoms with Gasteiger partial charge in [-0.1, -0.05) is 14.9 Å². The molecular formula is C23H36FN7O2. The SMILES string of the molecule is C.C.CO[C@H](C)[C@H]1C(=O)Nc2c(C)nc(NCc3cnn(CC45CC(F)(C4)C5)c3)nc2N1C. The van der Waals surface area contributed by atoms with Crippen molar-refractivity contribution in [1.29, 1.82) is 0 Å². The number of alkyl halides is 1. The average Bonchev–Trinajstić information content (AvgIpc) is 3.12. The van der Waals surface area contributed by atoms with Crippen molar-refractivity contribution < 1.29 is 13.9 Å². The topological polar surface area (TPSA) is 97.2 Å². The lowest BCUT2D eigenvalue weighted by Crippen LogP contribution is -2.65. The minimum Gasteiger partial charge on any atom is -0.379 e. The molecule has 3 heterocycles. The molecule has 0 saturated heterocycles. The predicted octanol–water partition coefficient (Wildman–Crippen LogP) is 3.55. The summed E-state index contributed by atoms with van der Waals surface area (Å²) in [4.78, 5) is 23.5. The number of aromatic nitrogens is 4. The number of hydrogen-bond donors (Lipinski definition) is 2. The van der Waals surface area contributed by atoms with Crippen LogP contribution in [-0.4, -0.2) is 57.6 Å². The van der Waals surface area contributed by atoms with Gasteiger partial charge in [-0.15, -0.1) is 0 Å². The van der Waals surface area contributed by atoms with Crippen molar-refractivity contribution in [1.82, 2.24) is 19.7 Å². The van der Waals surface area contributed by atoms with Crippen LogP contribution in [0.3, 0.4) is 0 Å². The van der Waals surface area contributed by atoms with E-state index >= 15 is 0 Å². The van der Waals surface area contributed by atoms with Crippen molar-refractivity contribution in [3.05, 3.63) is 23.7 Å². The van der Waals surface area contributed by atoms with Gasteiger partial charge in [0.05, 0.1) is 18.0 Å². The Kier molecular flexibility index (Phi) is 6.45. The first-order valence-electron chi connectivity index (χ1n) is 10.6. The number of hydrogen-bond acceptors (Lipinski definition) is 7. The van der Waals surface area contributed by atoms with Gasteiger partial charge in [-0.2, -0.15) is 10.1 Å². The highest BCUT2D eigenvalue weighted by Crippen LogP contribution is 2.70. The zero-order valence-electron chi connectivity index (χ0n) is 18.3. The maximum absolute atomic E-state index is 13.7. The smallest absolute Gasteiger partial charge is 0.249 e. The van der Waals surface area contributed by atoms with Gasteiger partial charge >= 0.3 is 0 Å². The lowest BCUT2D eigenvalue weighted by molar-refractivity contribution is -0.221. The first-order valence-corrected chi connectivity index (χ1v) is 10.6. The Balaban J connectivity index is 0.00000153. The fourth-order valence-corrected chi connectivity index (χ4v) is 5.34. The molecular weight excluding hydrogens is 425 g/mol. The molecule has 0 unspecified atom stereocenters. The van der Waals surface area contributed by atoms with Gasteiger partial charge in [0.25, 0.3) is 0 Å². The van der Waals surface area contributed by atoms with Crippen LogP contribution in [0.5, 0.6) is 0 Å². The number of nitrogens with zero attached hydrogens (tertiary/aromatic N) is 5. The summed E-state index contributed by atoms with van der Waals surface area (Å²) in [6.07, 6.45) is 5.53. The first kappa shape index (κ1) is 24.9. The largest absolute Gasteiger partial charge is 0.379 e. The van der Waals surface area contributed by atoms with Crippen LogP contribution in [0.25, 0.3) is 0 Å². The molecule has 2 N–H and O–H groups in total. The summed E-state index contributed by atoms with van der Waals surface area (Å²) >= 11 is 0. The fraction of sp³-hybridized carbons (Fsp3) is 0.652. The van der Waals surface area contributed by atoms with Crippen LogP contribution >= 0.6 is 0 Å². The Morgan fingerprint density at radius 1 is 1.33 bits per heavy atom. The van der Waals surface area contributed by atoms with Gasteiger partial charge in [-0.05, 0) is 38.5 Å². The number of methoxy groups -OCH3 is 1. The normalized spacial score (nSPS) is 27.7. The number of likely N-dealkylation sites (N-methyl/N-ethyl adjacent to an activating group) is 1. The molecule has 2 aromatic rings. The van der Waals surface area contributed by atoms with Crippen LogP contribution in [-0.2, 0) is 22.6 Å². The fourth-order valence-electron chi connectivity index (χ4n) is 5.34. The summed E-state index contributed by atoms with van der Waals surface area (Å²) in [5.74, 6) is 1.00. The Labute approximate surface area is 195 Å². The Hall–Kier alpha value is -2.75. The van der Waals surface area contributed by atoms with E-state index in [0.29, 0.717) is 49.0 Å². The van der Waals surface area contributed by atoms with Crippen molar-refractivity contribution in [3.8, 4) is 0 Å². The van der Waals surface area contributed by atoms with E-state index in [0.717, 1.165) is 12.1 Å². The Morgan fingerprint density at radius 3 is 2.67 bits per heavy atom. The number of ether oxygens (including phenoxy) is 1. The molecule has 33 heavy (non-hydrogen) atoms. The molecule has 1 amide bonds. The number of anilines is 3. The highest BCUT2D eigenvalue weighted by Gasteiger charge is 2.69. The number of aryl methyl sites for hydroxylation is 1. The Morgan fingerprint density at radius 2 is 2.03 bits per heavy atom. The third-order valence-electron chi connectivity index (χ3n) is 6.87. The van der Waals surface area contributed by atoms with Crippen LogP contribution in [0.1, 0.15) is 52.3 Å². The molecule has 0 radical (unpaired) electrons. The molecule has 4 aliphatic rings. The molecule has 3 saturated carbocycles. The molecule has 9 nitrogen and oxygen atoms in total. The highest BCUT2D eigenvalue weighted by molar-refractivity contribution is 6.03. The van der Waals surface area contributed by atoms with E-state index < -0.39 is 11.7 Å². The second kappa shape index (κ2) is 8.55. The van der Waals surface area contributed by atoms with Crippen molar-refractivity contribution in [2.24, 2.45) is 5.41 Å².